The molecule has 1 saturated heterocycles. The molecular formula is C26H21N3O4S2. The molecule has 3 aromatic rings. The molecule has 0 unspecified atom stereocenters. The number of hydrogen-bond donors (Lipinski definition) is 1. The van der Waals surface area contributed by atoms with Crippen LogP contribution in [-0.4, -0.2) is 41.1 Å². The van der Waals surface area contributed by atoms with E-state index in [4.69, 9.17) is 33.9 Å². The Morgan fingerprint density at radius 3 is 2.11 bits per heavy atom. The van der Waals surface area contributed by atoms with Crippen molar-refractivity contribution in [3.05, 3.63) is 90.0 Å². The van der Waals surface area contributed by atoms with Crippen LogP contribution >= 0.6 is 24.4 Å². The quantitative estimate of drug-likeness (QED) is 0.312. The summed E-state index contributed by atoms with van der Waals surface area (Å²) in [6, 6.07) is 23.1. The van der Waals surface area contributed by atoms with Gasteiger partial charge in [0, 0.05) is 14.1 Å². The molecule has 1 heterocycles. The molecule has 3 aromatic carbocycles. The Morgan fingerprint density at radius 2 is 1.49 bits per heavy atom. The maximum Gasteiger partial charge on any atom is 0.270 e. The monoisotopic (exact) mass is 503 g/mol. The van der Waals surface area contributed by atoms with Gasteiger partial charge >= 0.3 is 0 Å². The van der Waals surface area contributed by atoms with Crippen molar-refractivity contribution >= 4 is 58.3 Å². The van der Waals surface area contributed by atoms with Crippen molar-refractivity contribution in [2.24, 2.45) is 0 Å². The number of nitrogens with zero attached hydrogens (tertiary/aromatic N) is 2. The number of carbonyl (C=O) groups excluding carboxylic acids is 2. The van der Waals surface area contributed by atoms with Gasteiger partial charge < -0.3 is 14.4 Å². The summed E-state index contributed by atoms with van der Waals surface area (Å²) in [5.41, 5.74) is 1.11. The Balaban J connectivity index is 1.53. The third-order valence-electron chi connectivity index (χ3n) is 4.94. The van der Waals surface area contributed by atoms with Crippen molar-refractivity contribution in [1.29, 1.82) is 0 Å². The zero-order valence-electron chi connectivity index (χ0n) is 18.9. The number of thiocarbonyl (C=S) groups is 2. The summed E-state index contributed by atoms with van der Waals surface area (Å²) in [5, 5.41) is 2.91. The fourth-order valence-electron chi connectivity index (χ4n) is 3.17. The number of para-hydroxylation sites is 1. The summed E-state index contributed by atoms with van der Waals surface area (Å²) in [4.78, 5) is 28.8. The van der Waals surface area contributed by atoms with Crippen molar-refractivity contribution in [3.63, 3.8) is 0 Å². The number of anilines is 1. The van der Waals surface area contributed by atoms with E-state index in [2.05, 4.69) is 5.32 Å². The first-order valence-corrected chi connectivity index (χ1v) is 11.4. The second-order valence-corrected chi connectivity index (χ2v) is 8.43. The number of hydrogen-bond acceptors (Lipinski definition) is 6. The van der Waals surface area contributed by atoms with Crippen molar-refractivity contribution in [3.8, 4) is 17.2 Å². The first-order chi connectivity index (χ1) is 16.8. The molecule has 176 valence electrons. The fraction of sp³-hybridized carbons (Fsp3) is 0.0769. The topological polar surface area (TPSA) is 71.1 Å². The summed E-state index contributed by atoms with van der Waals surface area (Å²) >= 11 is 10.4. The molecule has 1 N–H and O–H groups in total. The standard InChI is InChI=1S/C26H21N3O4S2/c1-28(2)26(35)33-21-12-8-17(9-13-21)16-22-23(30)27-25(34)29(24(22)31)18-10-14-20(15-11-18)32-19-6-4-3-5-7-19/h3-16H,1-2H3,(H,27,30,34)/b22-16+. The summed E-state index contributed by atoms with van der Waals surface area (Å²) in [6.07, 6.45) is 1.51. The number of ether oxygens (including phenoxy) is 2. The van der Waals surface area contributed by atoms with Crippen LogP contribution in [0.15, 0.2) is 84.4 Å². The zero-order chi connectivity index (χ0) is 24.9. The van der Waals surface area contributed by atoms with Gasteiger partial charge in [0.25, 0.3) is 17.0 Å². The van der Waals surface area contributed by atoms with E-state index in [1.807, 2.05) is 30.3 Å². The van der Waals surface area contributed by atoms with E-state index in [1.54, 1.807) is 67.5 Å². The maximum atomic E-state index is 13.2. The van der Waals surface area contributed by atoms with Gasteiger partial charge in [0.05, 0.1) is 5.69 Å². The zero-order valence-corrected chi connectivity index (χ0v) is 20.6. The molecule has 0 radical (unpaired) electrons. The Morgan fingerprint density at radius 1 is 0.886 bits per heavy atom. The number of nitrogens with one attached hydrogen (secondary N) is 1. The van der Waals surface area contributed by atoms with E-state index in [-0.39, 0.29) is 10.7 Å². The van der Waals surface area contributed by atoms with Crippen molar-refractivity contribution in [2.75, 3.05) is 19.0 Å². The lowest BCUT2D eigenvalue weighted by molar-refractivity contribution is -0.122. The molecule has 4 rings (SSSR count). The molecule has 9 heteroatoms. The Labute approximate surface area is 213 Å². The Bertz CT molecular complexity index is 1300. The summed E-state index contributed by atoms with van der Waals surface area (Å²) in [7, 11) is 3.57. The van der Waals surface area contributed by atoms with Crippen LogP contribution in [0.5, 0.6) is 17.2 Å². The van der Waals surface area contributed by atoms with Crippen LogP contribution in [-0.2, 0) is 9.59 Å². The van der Waals surface area contributed by atoms with Crippen molar-refractivity contribution in [2.45, 2.75) is 0 Å². The van der Waals surface area contributed by atoms with E-state index < -0.39 is 11.8 Å². The van der Waals surface area contributed by atoms with Crippen molar-refractivity contribution in [1.82, 2.24) is 10.2 Å². The van der Waals surface area contributed by atoms with E-state index in [9.17, 15) is 9.59 Å². The highest BCUT2D eigenvalue weighted by molar-refractivity contribution is 7.80. The molecule has 0 bridgehead atoms. The smallest absolute Gasteiger partial charge is 0.270 e. The molecule has 1 aliphatic heterocycles. The first-order valence-electron chi connectivity index (χ1n) is 10.6. The highest BCUT2D eigenvalue weighted by Crippen LogP contribution is 2.27. The molecule has 0 aliphatic carbocycles. The fourth-order valence-corrected chi connectivity index (χ4v) is 3.55. The van der Waals surface area contributed by atoms with Gasteiger partial charge in [0.15, 0.2) is 5.11 Å². The summed E-state index contributed by atoms with van der Waals surface area (Å²) < 4.78 is 11.4. The van der Waals surface area contributed by atoms with Crippen LogP contribution in [0.25, 0.3) is 6.08 Å². The SMILES string of the molecule is CN(C)C(=S)Oc1ccc(/C=C2\C(=O)NC(=S)N(c3ccc(Oc4ccccc4)cc3)C2=O)cc1. The van der Waals surface area contributed by atoms with Crippen LogP contribution in [0, 0.1) is 0 Å². The predicted molar refractivity (Wildman–Crippen MR) is 143 cm³/mol. The van der Waals surface area contributed by atoms with Crippen LogP contribution in [0.2, 0.25) is 0 Å². The number of benzene rings is 3. The predicted octanol–water partition coefficient (Wildman–Crippen LogP) is 4.54. The van der Waals surface area contributed by atoms with Crippen LogP contribution in [0.4, 0.5) is 5.69 Å². The average molecular weight is 504 g/mol. The third kappa shape index (κ3) is 5.71. The lowest BCUT2D eigenvalue weighted by Gasteiger charge is -2.29. The normalized spacial score (nSPS) is 14.5. The van der Waals surface area contributed by atoms with E-state index in [0.717, 1.165) is 0 Å². The molecule has 7 nitrogen and oxygen atoms in total. The van der Waals surface area contributed by atoms with Gasteiger partial charge in [-0.15, -0.1) is 0 Å². The number of rotatable bonds is 5. The third-order valence-corrected chi connectivity index (χ3v) is 5.67. The van der Waals surface area contributed by atoms with E-state index >= 15 is 0 Å². The second-order valence-electron chi connectivity index (χ2n) is 7.70. The van der Waals surface area contributed by atoms with Gasteiger partial charge in [-0.1, -0.05) is 30.3 Å². The minimum atomic E-state index is -0.561. The minimum Gasteiger partial charge on any atom is -0.457 e. The molecule has 0 saturated carbocycles. The Kier molecular flexibility index (Phi) is 7.19. The van der Waals surface area contributed by atoms with Gasteiger partial charge in [-0.25, -0.2) is 0 Å². The molecule has 1 fully saturated rings. The maximum absolute atomic E-state index is 13.2. The van der Waals surface area contributed by atoms with E-state index in [0.29, 0.717) is 33.7 Å². The highest BCUT2D eigenvalue weighted by Gasteiger charge is 2.34. The molecule has 0 aromatic heterocycles. The first kappa shape index (κ1) is 24.1. The average Bonchev–Trinajstić information content (AvgIpc) is 2.84. The van der Waals surface area contributed by atoms with Crippen molar-refractivity contribution < 1.29 is 19.1 Å². The van der Waals surface area contributed by atoms with Crippen LogP contribution in [0.3, 0.4) is 0 Å². The molecule has 0 atom stereocenters. The molecule has 1 aliphatic rings. The molecule has 35 heavy (non-hydrogen) atoms. The summed E-state index contributed by atoms with van der Waals surface area (Å²) in [6.45, 7) is 0. The minimum absolute atomic E-state index is 0.00910. The number of amides is 2. The highest BCUT2D eigenvalue weighted by atomic mass is 32.1. The van der Waals surface area contributed by atoms with Gasteiger partial charge in [0.2, 0.25) is 0 Å². The lowest BCUT2D eigenvalue weighted by Crippen LogP contribution is -2.54. The lowest BCUT2D eigenvalue weighted by atomic mass is 10.1. The summed E-state index contributed by atoms with van der Waals surface area (Å²) in [5.74, 6) is 0.762. The van der Waals surface area contributed by atoms with Gasteiger partial charge in [-0.3, -0.25) is 19.8 Å². The molecule has 0 spiro atoms. The molecule has 2 amide bonds. The number of carbonyl (C=O) groups is 2. The second kappa shape index (κ2) is 10.5. The van der Waals surface area contributed by atoms with Gasteiger partial charge in [0.1, 0.15) is 22.8 Å². The largest absolute Gasteiger partial charge is 0.457 e. The Hall–Kier alpha value is -4.08. The van der Waals surface area contributed by atoms with Gasteiger partial charge in [-0.05, 0) is 84.6 Å². The van der Waals surface area contributed by atoms with E-state index in [1.165, 1.54) is 11.0 Å². The molecular weight excluding hydrogens is 482 g/mol. The van der Waals surface area contributed by atoms with Crippen LogP contribution in [0.1, 0.15) is 5.56 Å². The van der Waals surface area contributed by atoms with Gasteiger partial charge in [-0.2, -0.15) is 0 Å². The van der Waals surface area contributed by atoms with Crippen LogP contribution < -0.4 is 19.7 Å².